The van der Waals surface area contributed by atoms with Crippen molar-refractivity contribution in [3.63, 3.8) is 0 Å². The van der Waals surface area contributed by atoms with Crippen LogP contribution in [-0.2, 0) is 13.8 Å². The van der Waals surface area contributed by atoms with E-state index in [0.29, 0.717) is 11.2 Å². The average Bonchev–Trinajstić information content (AvgIpc) is 2.99. The molecule has 3 rings (SSSR count). The molecule has 0 bridgehead atoms. The Kier molecular flexibility index (Phi) is 6.25. The van der Waals surface area contributed by atoms with Gasteiger partial charge >= 0.3 is 29.6 Å². The van der Waals surface area contributed by atoms with E-state index in [1.807, 2.05) is 0 Å². The van der Waals surface area contributed by atoms with E-state index in [0.717, 1.165) is 0 Å². The van der Waals surface area contributed by atoms with Crippen molar-refractivity contribution in [3.8, 4) is 0 Å². The first kappa shape index (κ1) is 20.0. The Bertz CT molecular complexity index is 786. The van der Waals surface area contributed by atoms with Gasteiger partial charge in [-0.25, -0.2) is 4.98 Å². The summed E-state index contributed by atoms with van der Waals surface area (Å²) in [7, 11) is -4.89. The number of nitrogens with two attached hydrogens (primary N) is 1. The first-order chi connectivity index (χ1) is 10.7. The number of aromatic nitrogens is 4. The van der Waals surface area contributed by atoms with Gasteiger partial charge < -0.3 is 29.9 Å². The van der Waals surface area contributed by atoms with Crippen molar-refractivity contribution in [1.82, 2.24) is 19.5 Å². The van der Waals surface area contributed by atoms with Crippen molar-refractivity contribution in [2.75, 3.05) is 12.3 Å². The maximum atomic E-state index is 10.6. The van der Waals surface area contributed by atoms with Crippen LogP contribution in [-0.4, -0.2) is 48.3 Å². The summed E-state index contributed by atoms with van der Waals surface area (Å²) in [5.41, 5.74) is 6.35. The van der Waals surface area contributed by atoms with Crippen LogP contribution in [0.3, 0.4) is 0 Å². The minimum atomic E-state index is -4.89. The molecule has 1 aliphatic rings. The number of fused-ring (bicyclic) bond motifs is 1. The van der Waals surface area contributed by atoms with Crippen molar-refractivity contribution in [1.29, 1.82) is 0 Å². The second-order valence-electron chi connectivity index (χ2n) is 4.90. The Morgan fingerprint density at radius 3 is 2.96 bits per heavy atom. The Morgan fingerprint density at radius 2 is 2.29 bits per heavy atom. The van der Waals surface area contributed by atoms with E-state index in [1.165, 1.54) is 10.9 Å². The van der Waals surface area contributed by atoms with Crippen LogP contribution in [0.15, 0.2) is 6.33 Å². The molecule has 24 heavy (non-hydrogen) atoms. The number of halogens is 1. The quantitative estimate of drug-likeness (QED) is 0.268. The maximum absolute atomic E-state index is 10.6. The third-order valence-corrected chi connectivity index (χ3v) is 3.98. The molecule has 0 aromatic carbocycles. The summed E-state index contributed by atoms with van der Waals surface area (Å²) in [5.74, 6) is 0.102. The fourth-order valence-electron chi connectivity index (χ4n) is 2.33. The molecule has 126 valence electrons. The van der Waals surface area contributed by atoms with Crippen molar-refractivity contribution in [2.24, 2.45) is 0 Å². The van der Waals surface area contributed by atoms with Gasteiger partial charge in [0.25, 0.3) is 7.82 Å². The standard InChI is InChI=1S/C10H13ClN5O6P.Na/c11-10-14-8(12)7-9(15-10)16(3-13-7)6-1-4(17)5(22-6)2-21-23(18,19)20;/h3-6,17H,1-2H2,(H2,12,14,15)(H2,18,19,20);/q;+1/p-1/t4-,5+,6+;/m0./s1. The Morgan fingerprint density at radius 1 is 1.58 bits per heavy atom. The molecule has 1 fully saturated rings. The van der Waals surface area contributed by atoms with Crippen LogP contribution in [0.1, 0.15) is 12.6 Å². The zero-order valence-corrected chi connectivity index (χ0v) is 16.1. The van der Waals surface area contributed by atoms with E-state index in [4.69, 9.17) is 27.0 Å². The second-order valence-corrected chi connectivity index (χ2v) is 6.43. The van der Waals surface area contributed by atoms with Crippen molar-refractivity contribution in [3.05, 3.63) is 11.6 Å². The number of nitrogen functional groups attached to an aromatic ring is 1. The van der Waals surface area contributed by atoms with Gasteiger partial charge in [-0.2, -0.15) is 9.97 Å². The molecule has 0 aliphatic carbocycles. The van der Waals surface area contributed by atoms with Crippen LogP contribution in [0, 0.1) is 0 Å². The Labute approximate surface area is 162 Å². The maximum Gasteiger partial charge on any atom is 1.00 e. The van der Waals surface area contributed by atoms with Crippen LogP contribution in [0.25, 0.3) is 11.2 Å². The number of aliphatic hydroxyl groups is 1. The molecule has 2 aromatic rings. The number of rotatable bonds is 4. The number of aliphatic hydroxyl groups excluding tert-OH is 1. The Hall–Kier alpha value is -0.330. The largest absolute Gasteiger partial charge is 1.00 e. The zero-order valence-electron chi connectivity index (χ0n) is 12.4. The molecule has 0 amide bonds. The summed E-state index contributed by atoms with van der Waals surface area (Å²) in [6, 6.07) is 0. The van der Waals surface area contributed by atoms with Gasteiger partial charge in [-0.05, 0) is 11.6 Å². The number of hydrogen-bond acceptors (Lipinski definition) is 9. The molecule has 4 N–H and O–H groups in total. The molecular weight excluding hydrogens is 376 g/mol. The molecule has 14 heteroatoms. The zero-order chi connectivity index (χ0) is 16.8. The SMILES string of the molecule is Nc1nc(Cl)nc2c1ncn2[C@H]1C[C@H](O)[C@@H](COP(=O)([O-])O)O1.[Na+]. The molecular formula is C10H12ClN5NaO6P. The third kappa shape index (κ3) is 4.25. The van der Waals surface area contributed by atoms with Crippen LogP contribution in [0.4, 0.5) is 5.82 Å². The average molecular weight is 388 g/mol. The normalized spacial score (nSPS) is 26.2. The van der Waals surface area contributed by atoms with Gasteiger partial charge in [0.1, 0.15) is 17.8 Å². The van der Waals surface area contributed by atoms with Gasteiger partial charge in [-0.1, -0.05) is 0 Å². The van der Waals surface area contributed by atoms with Crippen LogP contribution in [0.2, 0.25) is 5.28 Å². The van der Waals surface area contributed by atoms with Crippen LogP contribution in [0.5, 0.6) is 0 Å². The fraction of sp³-hybridized carbons (Fsp3) is 0.500. The van der Waals surface area contributed by atoms with Gasteiger partial charge in [0, 0.05) is 6.42 Å². The predicted octanol–water partition coefficient (Wildman–Crippen LogP) is -3.81. The predicted molar refractivity (Wildman–Crippen MR) is 75.1 cm³/mol. The summed E-state index contributed by atoms with van der Waals surface area (Å²) in [4.78, 5) is 31.1. The van der Waals surface area contributed by atoms with Gasteiger partial charge in [-0.15, -0.1) is 0 Å². The van der Waals surface area contributed by atoms with Gasteiger partial charge in [0.15, 0.2) is 11.5 Å². The van der Waals surface area contributed by atoms with Crippen molar-refractivity contribution < 1.29 is 58.3 Å². The molecule has 1 unspecified atom stereocenters. The van der Waals surface area contributed by atoms with Crippen LogP contribution >= 0.6 is 19.4 Å². The topological polar surface area (TPSA) is 169 Å². The summed E-state index contributed by atoms with van der Waals surface area (Å²) in [6.07, 6.45) is -1.09. The summed E-state index contributed by atoms with van der Waals surface area (Å²) in [5, 5.41) is 9.87. The molecule has 2 aromatic heterocycles. The number of imidazole rings is 1. The van der Waals surface area contributed by atoms with Gasteiger partial charge in [0.05, 0.1) is 19.0 Å². The number of anilines is 1. The molecule has 11 nitrogen and oxygen atoms in total. The molecule has 0 saturated carbocycles. The number of ether oxygens (including phenoxy) is 1. The summed E-state index contributed by atoms with van der Waals surface area (Å²) in [6.45, 7) is -0.514. The number of hydrogen-bond donors (Lipinski definition) is 3. The molecule has 0 radical (unpaired) electrons. The molecule has 1 aliphatic heterocycles. The first-order valence-corrected chi connectivity index (χ1v) is 8.29. The monoisotopic (exact) mass is 387 g/mol. The first-order valence-electron chi connectivity index (χ1n) is 6.42. The molecule has 4 atom stereocenters. The number of phosphoric ester groups is 1. The van der Waals surface area contributed by atoms with E-state index in [-0.39, 0.29) is 47.1 Å². The Balaban J connectivity index is 0.00000208. The van der Waals surface area contributed by atoms with E-state index in [9.17, 15) is 14.6 Å². The second kappa shape index (κ2) is 7.50. The summed E-state index contributed by atoms with van der Waals surface area (Å²) < 4.78 is 21.9. The smallest absolute Gasteiger partial charge is 0.756 e. The molecule has 0 spiro atoms. The number of nitrogens with zero attached hydrogens (tertiary/aromatic N) is 4. The van der Waals surface area contributed by atoms with E-state index < -0.39 is 32.9 Å². The minimum absolute atomic E-state index is 0. The summed E-state index contributed by atoms with van der Waals surface area (Å²) >= 11 is 5.77. The van der Waals surface area contributed by atoms with Gasteiger partial charge in [0.2, 0.25) is 5.28 Å². The van der Waals surface area contributed by atoms with Gasteiger partial charge in [-0.3, -0.25) is 9.13 Å². The van der Waals surface area contributed by atoms with E-state index in [1.54, 1.807) is 0 Å². The fourth-order valence-corrected chi connectivity index (χ4v) is 2.83. The minimum Gasteiger partial charge on any atom is -0.756 e. The molecule has 1 saturated heterocycles. The van der Waals surface area contributed by atoms with Crippen molar-refractivity contribution in [2.45, 2.75) is 24.9 Å². The van der Waals surface area contributed by atoms with Crippen LogP contribution < -0.4 is 40.2 Å². The van der Waals surface area contributed by atoms with E-state index in [2.05, 4.69) is 19.5 Å². The molecule has 3 heterocycles. The van der Waals surface area contributed by atoms with E-state index >= 15 is 0 Å². The van der Waals surface area contributed by atoms with Crippen molar-refractivity contribution >= 4 is 36.4 Å². The number of phosphoric acid groups is 1. The third-order valence-electron chi connectivity index (χ3n) is 3.34.